The van der Waals surface area contributed by atoms with Crippen molar-refractivity contribution in [3.8, 4) is 0 Å². The Morgan fingerprint density at radius 2 is 1.93 bits per heavy atom. The molecule has 5 rings (SSSR count). The Morgan fingerprint density at radius 1 is 1.17 bits per heavy atom. The van der Waals surface area contributed by atoms with E-state index < -0.39 is 17.9 Å². The second kappa shape index (κ2) is 11.5. The molecule has 41 heavy (non-hydrogen) atoms. The molecule has 0 bridgehead atoms. The number of halogens is 1. The van der Waals surface area contributed by atoms with E-state index in [1.807, 2.05) is 18.2 Å². The third kappa shape index (κ3) is 5.61. The molecule has 2 aromatic heterocycles. The number of carboxylic acids is 1. The van der Waals surface area contributed by atoms with Crippen molar-refractivity contribution in [3.63, 3.8) is 0 Å². The van der Waals surface area contributed by atoms with Crippen LogP contribution in [0.3, 0.4) is 0 Å². The lowest BCUT2D eigenvalue weighted by Gasteiger charge is -2.35. The molecule has 12 heteroatoms. The van der Waals surface area contributed by atoms with Crippen LogP contribution in [0.1, 0.15) is 35.8 Å². The monoisotopic (exact) mass is 572 g/mol. The maximum atomic E-state index is 13.8. The molecule has 11 nitrogen and oxygen atoms in total. The van der Waals surface area contributed by atoms with E-state index in [-0.39, 0.29) is 34.8 Å². The quantitative estimate of drug-likeness (QED) is 0.223. The fourth-order valence-corrected chi connectivity index (χ4v) is 4.63. The van der Waals surface area contributed by atoms with Gasteiger partial charge in [0.1, 0.15) is 17.4 Å². The number of oxazole rings is 1. The number of anilines is 2. The first kappa shape index (κ1) is 27.4. The summed E-state index contributed by atoms with van der Waals surface area (Å²) in [5.74, 6) is -1.23. The van der Waals surface area contributed by atoms with Gasteiger partial charge < -0.3 is 19.6 Å². The number of pyridine rings is 1. The number of aliphatic imine (C=N–C) groups is 1. The van der Waals surface area contributed by atoms with Gasteiger partial charge in [0.2, 0.25) is 5.96 Å². The first-order chi connectivity index (χ1) is 19.8. The summed E-state index contributed by atoms with van der Waals surface area (Å²) < 4.78 is 11.6. The third-order valence-electron chi connectivity index (χ3n) is 6.23. The standard InChI is InChI=1S/C29H25ClN6O5/c1-4-40-17(3)36-16(2)24(26(37)33-23-15-18(27(38)39)13-14-31-23)25(19-9-5-6-10-20(19)30)34-28(36)35-29-32-21-11-7-8-12-22(21)41-29/h5-15,25H,3-4H2,1-2H3,(H,38,39)(H,31,33,37)(H,32,34,35). The van der Waals surface area contributed by atoms with Crippen LogP contribution in [0.25, 0.3) is 11.1 Å². The molecule has 4 aromatic rings. The van der Waals surface area contributed by atoms with Crippen molar-refractivity contribution in [1.82, 2.24) is 14.9 Å². The first-order valence-corrected chi connectivity index (χ1v) is 12.9. The second-order valence-electron chi connectivity index (χ2n) is 8.84. The fraction of sp³-hybridized carbons (Fsp3) is 0.138. The number of benzene rings is 2. The van der Waals surface area contributed by atoms with Crippen LogP contribution in [0.2, 0.25) is 5.02 Å². The molecule has 208 valence electrons. The molecule has 0 fully saturated rings. The number of carbonyl (C=O) groups is 2. The zero-order chi connectivity index (χ0) is 29.1. The number of hydrogen-bond acceptors (Lipinski definition) is 9. The molecule has 0 spiro atoms. The number of guanidine groups is 1. The lowest BCUT2D eigenvalue weighted by molar-refractivity contribution is -0.113. The number of fused-ring (bicyclic) bond motifs is 1. The zero-order valence-corrected chi connectivity index (χ0v) is 22.8. The number of rotatable bonds is 8. The summed E-state index contributed by atoms with van der Waals surface area (Å²) in [5.41, 5.74) is 2.39. The Bertz CT molecular complexity index is 1700. The molecule has 0 saturated carbocycles. The van der Waals surface area contributed by atoms with Gasteiger partial charge in [0, 0.05) is 22.5 Å². The normalized spacial score (nSPS) is 15.0. The molecular formula is C29H25ClN6O5. The summed E-state index contributed by atoms with van der Waals surface area (Å²) in [6, 6.07) is 16.2. The summed E-state index contributed by atoms with van der Waals surface area (Å²) in [6.45, 7) is 7.87. The Morgan fingerprint density at radius 3 is 2.66 bits per heavy atom. The molecular weight excluding hydrogens is 548 g/mol. The van der Waals surface area contributed by atoms with E-state index in [9.17, 15) is 14.7 Å². The van der Waals surface area contributed by atoms with Gasteiger partial charge in [-0.25, -0.2) is 14.8 Å². The van der Waals surface area contributed by atoms with Crippen molar-refractivity contribution in [2.24, 2.45) is 4.99 Å². The summed E-state index contributed by atoms with van der Waals surface area (Å²) in [5, 5.41) is 15.6. The first-order valence-electron chi connectivity index (χ1n) is 12.5. The zero-order valence-electron chi connectivity index (χ0n) is 22.1. The summed E-state index contributed by atoms with van der Waals surface area (Å²) >= 11 is 6.59. The molecule has 3 heterocycles. The van der Waals surface area contributed by atoms with E-state index in [0.717, 1.165) is 0 Å². The minimum absolute atomic E-state index is 0.0264. The van der Waals surface area contributed by atoms with E-state index in [1.165, 1.54) is 18.3 Å². The van der Waals surface area contributed by atoms with Gasteiger partial charge in [0.05, 0.1) is 17.7 Å². The number of allylic oxidation sites excluding steroid dienone is 1. The minimum atomic E-state index is -1.15. The van der Waals surface area contributed by atoms with Gasteiger partial charge >= 0.3 is 12.0 Å². The number of aromatic nitrogens is 2. The number of nitrogens with one attached hydrogen (secondary N) is 2. The van der Waals surface area contributed by atoms with E-state index in [2.05, 4.69) is 27.2 Å². The summed E-state index contributed by atoms with van der Waals surface area (Å²) in [4.78, 5) is 40.3. The molecule has 0 saturated heterocycles. The molecule has 3 N–H and O–H groups in total. The van der Waals surface area contributed by atoms with Crippen molar-refractivity contribution >= 4 is 52.4 Å². The van der Waals surface area contributed by atoms with Crippen molar-refractivity contribution in [1.29, 1.82) is 0 Å². The molecule has 1 aliphatic heterocycles. The number of amides is 1. The van der Waals surface area contributed by atoms with Crippen molar-refractivity contribution in [2.45, 2.75) is 19.9 Å². The van der Waals surface area contributed by atoms with Crippen LogP contribution in [0, 0.1) is 0 Å². The SMILES string of the molecule is C=C(OCC)N1C(Nc2nc3ccccc3o2)=NC(c2ccccc2Cl)C(C(=O)Nc2cc(C(=O)O)ccn2)=C1C. The van der Waals surface area contributed by atoms with E-state index in [0.29, 0.717) is 34.0 Å². The van der Waals surface area contributed by atoms with Crippen molar-refractivity contribution in [3.05, 3.63) is 107 Å². The Kier molecular flexibility index (Phi) is 7.70. The lowest BCUT2D eigenvalue weighted by atomic mass is 9.95. The van der Waals surface area contributed by atoms with Crippen LogP contribution in [0.5, 0.6) is 0 Å². The van der Waals surface area contributed by atoms with Crippen LogP contribution in [-0.2, 0) is 9.53 Å². The highest BCUT2D eigenvalue weighted by Gasteiger charge is 2.36. The molecule has 0 aliphatic carbocycles. The van der Waals surface area contributed by atoms with E-state index in [1.54, 1.807) is 49.1 Å². The Labute approximate surface area is 239 Å². The highest BCUT2D eigenvalue weighted by Crippen LogP contribution is 2.39. The van der Waals surface area contributed by atoms with Crippen LogP contribution in [-0.4, -0.2) is 44.4 Å². The predicted octanol–water partition coefficient (Wildman–Crippen LogP) is 5.82. The largest absolute Gasteiger partial charge is 0.479 e. The average Bonchev–Trinajstić information content (AvgIpc) is 3.35. The summed E-state index contributed by atoms with van der Waals surface area (Å²) in [6.07, 6.45) is 1.30. The topological polar surface area (TPSA) is 142 Å². The fourth-order valence-electron chi connectivity index (χ4n) is 4.39. The minimum Gasteiger partial charge on any atom is -0.479 e. The van der Waals surface area contributed by atoms with Crippen LogP contribution in [0.4, 0.5) is 11.8 Å². The third-order valence-corrected chi connectivity index (χ3v) is 6.57. The Balaban J connectivity index is 1.61. The number of para-hydroxylation sites is 2. The molecule has 1 aliphatic rings. The number of aromatic carboxylic acids is 1. The van der Waals surface area contributed by atoms with E-state index >= 15 is 0 Å². The average molecular weight is 573 g/mol. The molecule has 1 unspecified atom stereocenters. The predicted molar refractivity (Wildman–Crippen MR) is 154 cm³/mol. The molecule has 1 atom stereocenters. The van der Waals surface area contributed by atoms with Gasteiger partial charge in [0.15, 0.2) is 11.5 Å². The molecule has 0 radical (unpaired) electrons. The number of nitrogens with zero attached hydrogens (tertiary/aromatic N) is 4. The number of carboxylic acid groups (broad SMARTS) is 1. The molecule has 2 aromatic carbocycles. The number of ether oxygens (including phenoxy) is 1. The lowest BCUT2D eigenvalue weighted by Crippen LogP contribution is -2.41. The van der Waals surface area contributed by atoms with Gasteiger partial charge in [-0.3, -0.25) is 15.0 Å². The highest BCUT2D eigenvalue weighted by molar-refractivity contribution is 6.31. The van der Waals surface area contributed by atoms with Gasteiger partial charge in [-0.2, -0.15) is 4.98 Å². The van der Waals surface area contributed by atoms with E-state index in [4.69, 9.17) is 25.7 Å². The van der Waals surface area contributed by atoms with Crippen molar-refractivity contribution in [2.75, 3.05) is 17.2 Å². The van der Waals surface area contributed by atoms with Crippen LogP contribution < -0.4 is 10.6 Å². The van der Waals surface area contributed by atoms with Gasteiger partial charge in [-0.1, -0.05) is 41.9 Å². The smallest absolute Gasteiger partial charge is 0.335 e. The van der Waals surface area contributed by atoms with Crippen LogP contribution in [0.15, 0.2) is 100 Å². The number of hydrogen-bond donors (Lipinski definition) is 3. The Hall–Kier alpha value is -5.16. The number of carbonyl (C=O) groups excluding carboxylic acids is 1. The van der Waals surface area contributed by atoms with Gasteiger partial charge in [0.25, 0.3) is 5.91 Å². The van der Waals surface area contributed by atoms with Gasteiger partial charge in [-0.05, 0) is 50.8 Å². The summed E-state index contributed by atoms with van der Waals surface area (Å²) in [7, 11) is 0. The maximum Gasteiger partial charge on any atom is 0.335 e. The van der Waals surface area contributed by atoms with Crippen LogP contribution >= 0.6 is 11.6 Å². The second-order valence-corrected chi connectivity index (χ2v) is 9.25. The van der Waals surface area contributed by atoms with Crippen molar-refractivity contribution < 1.29 is 23.8 Å². The van der Waals surface area contributed by atoms with Gasteiger partial charge in [-0.15, -0.1) is 0 Å². The molecule has 1 amide bonds. The highest BCUT2D eigenvalue weighted by atomic mass is 35.5. The maximum absolute atomic E-state index is 13.8.